The highest BCUT2D eigenvalue weighted by atomic mass is 16.4. The first-order chi connectivity index (χ1) is 8.68. The van der Waals surface area contributed by atoms with Crippen LogP contribution < -0.4 is 5.32 Å². The fourth-order valence-electron chi connectivity index (χ4n) is 1.93. The molecule has 0 saturated carbocycles. The first kappa shape index (κ1) is 14.7. The highest BCUT2D eigenvalue weighted by Gasteiger charge is 1.96. The Morgan fingerprint density at radius 3 is 2.78 bits per heavy atom. The van der Waals surface area contributed by atoms with Gasteiger partial charge in [-0.25, -0.2) is 0 Å². The average Bonchev–Trinajstić information content (AvgIpc) is 2.32. The molecule has 0 aliphatic heterocycles. The normalized spacial score (nSPS) is 10.5. The van der Waals surface area contributed by atoms with E-state index in [0.29, 0.717) is 6.42 Å². The molecule has 0 bridgehead atoms. The largest absolute Gasteiger partial charge is 0.481 e. The predicted molar refractivity (Wildman–Crippen MR) is 73.9 cm³/mol. The van der Waals surface area contributed by atoms with Gasteiger partial charge < -0.3 is 10.4 Å². The van der Waals surface area contributed by atoms with Crippen LogP contribution in [0.15, 0.2) is 24.3 Å². The molecule has 1 rings (SSSR count). The molecule has 3 nitrogen and oxygen atoms in total. The van der Waals surface area contributed by atoms with Crippen LogP contribution in [0.3, 0.4) is 0 Å². The summed E-state index contributed by atoms with van der Waals surface area (Å²) in [6, 6.07) is 8.58. The molecule has 100 valence electrons. The topological polar surface area (TPSA) is 49.3 Å². The molecular formula is C15H23NO2. The summed E-state index contributed by atoms with van der Waals surface area (Å²) in [5.74, 6) is -0.692. The maximum Gasteiger partial charge on any atom is 0.303 e. The number of aliphatic carboxylic acids is 1. The number of aryl methyl sites for hydroxylation is 1. The zero-order valence-electron chi connectivity index (χ0n) is 11.1. The molecule has 0 spiro atoms. The van der Waals surface area contributed by atoms with Gasteiger partial charge in [0.25, 0.3) is 0 Å². The van der Waals surface area contributed by atoms with Gasteiger partial charge in [-0.1, -0.05) is 36.2 Å². The van der Waals surface area contributed by atoms with Gasteiger partial charge in [-0.2, -0.15) is 0 Å². The van der Waals surface area contributed by atoms with Crippen molar-refractivity contribution in [1.29, 1.82) is 0 Å². The SMILES string of the molecule is Cc1cccc(CCNCCCCCC(=O)O)c1. The van der Waals surface area contributed by atoms with Gasteiger partial charge in [-0.05, 0) is 44.8 Å². The van der Waals surface area contributed by atoms with Crippen LogP contribution in [0.4, 0.5) is 0 Å². The quantitative estimate of drug-likeness (QED) is 0.662. The molecule has 0 unspecified atom stereocenters. The van der Waals surface area contributed by atoms with E-state index in [2.05, 4.69) is 36.5 Å². The molecule has 1 aromatic carbocycles. The van der Waals surface area contributed by atoms with Crippen LogP contribution in [0.5, 0.6) is 0 Å². The van der Waals surface area contributed by atoms with Crippen molar-refractivity contribution in [3.05, 3.63) is 35.4 Å². The number of carboxylic acid groups (broad SMARTS) is 1. The minimum absolute atomic E-state index is 0.295. The number of rotatable bonds is 9. The summed E-state index contributed by atoms with van der Waals surface area (Å²) in [6.07, 6.45) is 4.18. The molecule has 3 heteroatoms. The molecule has 0 saturated heterocycles. The van der Waals surface area contributed by atoms with E-state index >= 15 is 0 Å². The van der Waals surface area contributed by atoms with Gasteiger partial charge in [0.1, 0.15) is 0 Å². The molecule has 0 radical (unpaired) electrons. The Balaban J connectivity index is 1.97. The van der Waals surface area contributed by atoms with Crippen LogP contribution in [-0.4, -0.2) is 24.2 Å². The Kier molecular flexibility index (Phi) is 7.11. The van der Waals surface area contributed by atoms with Crippen molar-refractivity contribution >= 4 is 5.97 Å². The Bertz CT molecular complexity index is 363. The lowest BCUT2D eigenvalue weighted by Crippen LogP contribution is -2.18. The Morgan fingerprint density at radius 2 is 2.06 bits per heavy atom. The van der Waals surface area contributed by atoms with Crippen LogP contribution in [0.2, 0.25) is 0 Å². The van der Waals surface area contributed by atoms with Crippen LogP contribution in [0.1, 0.15) is 36.8 Å². The molecule has 0 fully saturated rings. The number of unbranched alkanes of at least 4 members (excludes halogenated alkanes) is 2. The molecule has 0 atom stereocenters. The zero-order chi connectivity index (χ0) is 13.2. The summed E-state index contributed by atoms with van der Waals surface area (Å²) in [4.78, 5) is 10.3. The van der Waals surface area contributed by atoms with Gasteiger partial charge in [0, 0.05) is 6.42 Å². The fourth-order valence-corrected chi connectivity index (χ4v) is 1.93. The first-order valence-electron chi connectivity index (χ1n) is 6.66. The van der Waals surface area contributed by atoms with Crippen molar-refractivity contribution < 1.29 is 9.90 Å². The van der Waals surface area contributed by atoms with Crippen molar-refractivity contribution in [2.24, 2.45) is 0 Å². The molecule has 1 aromatic rings. The summed E-state index contributed by atoms with van der Waals surface area (Å²) in [6.45, 7) is 4.08. The maximum atomic E-state index is 10.3. The van der Waals surface area contributed by atoms with Crippen molar-refractivity contribution in [3.8, 4) is 0 Å². The average molecular weight is 249 g/mol. The van der Waals surface area contributed by atoms with Gasteiger partial charge in [-0.15, -0.1) is 0 Å². The second-order valence-corrected chi connectivity index (χ2v) is 4.69. The number of carbonyl (C=O) groups is 1. The smallest absolute Gasteiger partial charge is 0.303 e. The van der Waals surface area contributed by atoms with Crippen molar-refractivity contribution in [2.45, 2.75) is 39.0 Å². The predicted octanol–water partition coefficient (Wildman–Crippen LogP) is 2.77. The Morgan fingerprint density at radius 1 is 1.22 bits per heavy atom. The lowest BCUT2D eigenvalue weighted by molar-refractivity contribution is -0.137. The summed E-state index contributed by atoms with van der Waals surface area (Å²) < 4.78 is 0. The third-order valence-corrected chi connectivity index (χ3v) is 2.92. The number of benzene rings is 1. The van der Waals surface area contributed by atoms with E-state index in [-0.39, 0.29) is 0 Å². The third kappa shape index (κ3) is 7.07. The summed E-state index contributed by atoms with van der Waals surface area (Å²) in [7, 11) is 0. The summed E-state index contributed by atoms with van der Waals surface area (Å²) in [5.41, 5.74) is 2.68. The Labute approximate surface area is 109 Å². The van der Waals surface area contributed by atoms with E-state index in [4.69, 9.17) is 5.11 Å². The fraction of sp³-hybridized carbons (Fsp3) is 0.533. The highest BCUT2D eigenvalue weighted by Crippen LogP contribution is 2.04. The minimum Gasteiger partial charge on any atom is -0.481 e. The van der Waals surface area contributed by atoms with E-state index in [1.165, 1.54) is 11.1 Å². The molecule has 0 aromatic heterocycles. The molecule has 0 aliphatic carbocycles. The minimum atomic E-state index is -0.692. The number of hydrogen-bond donors (Lipinski definition) is 2. The van der Waals surface area contributed by atoms with Gasteiger partial charge >= 0.3 is 5.97 Å². The van der Waals surface area contributed by atoms with Crippen molar-refractivity contribution in [2.75, 3.05) is 13.1 Å². The molecule has 0 aliphatic rings. The molecule has 0 amide bonds. The number of hydrogen-bond acceptors (Lipinski definition) is 2. The molecule has 0 heterocycles. The number of nitrogens with one attached hydrogen (secondary N) is 1. The van der Waals surface area contributed by atoms with Crippen molar-refractivity contribution in [3.63, 3.8) is 0 Å². The maximum absolute atomic E-state index is 10.3. The summed E-state index contributed by atoms with van der Waals surface area (Å²) >= 11 is 0. The number of carboxylic acids is 1. The van der Waals surface area contributed by atoms with E-state index in [1.54, 1.807) is 0 Å². The standard InChI is InChI=1S/C15H23NO2/c1-13-6-5-7-14(12-13)9-11-16-10-4-2-3-8-15(17)18/h5-7,12,16H,2-4,8-11H2,1H3,(H,17,18). The molecule has 18 heavy (non-hydrogen) atoms. The van der Waals surface area contributed by atoms with Crippen LogP contribution in [0.25, 0.3) is 0 Å². The van der Waals surface area contributed by atoms with Gasteiger partial charge in [0.05, 0.1) is 0 Å². The molecule has 2 N–H and O–H groups in total. The zero-order valence-corrected chi connectivity index (χ0v) is 11.1. The first-order valence-corrected chi connectivity index (χ1v) is 6.66. The van der Waals surface area contributed by atoms with Crippen LogP contribution in [0, 0.1) is 6.92 Å². The van der Waals surface area contributed by atoms with Crippen molar-refractivity contribution in [1.82, 2.24) is 5.32 Å². The van der Waals surface area contributed by atoms with E-state index in [1.807, 2.05) is 0 Å². The second-order valence-electron chi connectivity index (χ2n) is 4.69. The van der Waals surface area contributed by atoms with Gasteiger partial charge in [0.2, 0.25) is 0 Å². The second kappa shape index (κ2) is 8.70. The van der Waals surface area contributed by atoms with E-state index in [0.717, 1.165) is 38.8 Å². The lowest BCUT2D eigenvalue weighted by Gasteiger charge is -2.05. The van der Waals surface area contributed by atoms with Gasteiger partial charge in [-0.3, -0.25) is 4.79 Å². The van der Waals surface area contributed by atoms with Crippen LogP contribution in [-0.2, 0) is 11.2 Å². The van der Waals surface area contributed by atoms with Crippen LogP contribution >= 0.6 is 0 Å². The van der Waals surface area contributed by atoms with E-state index < -0.39 is 5.97 Å². The monoisotopic (exact) mass is 249 g/mol. The molecular weight excluding hydrogens is 226 g/mol. The highest BCUT2D eigenvalue weighted by molar-refractivity contribution is 5.66. The lowest BCUT2D eigenvalue weighted by atomic mass is 10.1. The Hall–Kier alpha value is -1.35. The third-order valence-electron chi connectivity index (χ3n) is 2.92. The van der Waals surface area contributed by atoms with E-state index in [9.17, 15) is 4.79 Å². The summed E-state index contributed by atoms with van der Waals surface area (Å²) in [5, 5.41) is 11.9. The van der Waals surface area contributed by atoms with Gasteiger partial charge in [0.15, 0.2) is 0 Å².